The number of rotatable bonds is 7. The van der Waals surface area contributed by atoms with Crippen molar-refractivity contribution in [3.8, 4) is 5.75 Å². The van der Waals surface area contributed by atoms with E-state index in [0.717, 1.165) is 25.9 Å². The second kappa shape index (κ2) is 9.23. The first-order chi connectivity index (χ1) is 12.2. The molecular weight excluding hydrogens is 351 g/mol. The van der Waals surface area contributed by atoms with Crippen molar-refractivity contribution in [2.75, 3.05) is 13.2 Å². The lowest BCUT2D eigenvalue weighted by molar-refractivity contribution is -0.274. The lowest BCUT2D eigenvalue weighted by atomic mass is 10.1. The number of ether oxygens (including phenoxy) is 3. The van der Waals surface area contributed by atoms with Gasteiger partial charge in [-0.3, -0.25) is 4.79 Å². The van der Waals surface area contributed by atoms with Crippen LogP contribution in [0.2, 0.25) is 0 Å². The van der Waals surface area contributed by atoms with E-state index in [1.165, 1.54) is 24.3 Å². The zero-order valence-electron chi connectivity index (χ0n) is 14.8. The Kier molecular flexibility index (Phi) is 7.28. The zero-order chi connectivity index (χ0) is 19.2. The van der Waals surface area contributed by atoms with E-state index in [0.29, 0.717) is 12.2 Å². The number of hydrogen-bond donors (Lipinski definition) is 1. The lowest BCUT2D eigenvalue weighted by Gasteiger charge is -2.24. The fourth-order valence-electron chi connectivity index (χ4n) is 2.64. The van der Waals surface area contributed by atoms with Gasteiger partial charge in [-0.25, -0.2) is 0 Å². The highest BCUT2D eigenvalue weighted by atomic mass is 19.4. The monoisotopic (exact) mass is 375 g/mol. The first-order valence-electron chi connectivity index (χ1n) is 8.64. The quantitative estimate of drug-likeness (QED) is 0.789. The molecule has 146 valence electrons. The Labute approximate surface area is 150 Å². The van der Waals surface area contributed by atoms with Crippen molar-refractivity contribution < 1.29 is 32.2 Å². The Hall–Kier alpha value is -1.80. The minimum Gasteiger partial charge on any atom is -0.406 e. The van der Waals surface area contributed by atoms with E-state index in [1.807, 2.05) is 0 Å². The van der Waals surface area contributed by atoms with Crippen LogP contribution in [0.5, 0.6) is 5.75 Å². The van der Waals surface area contributed by atoms with Crippen LogP contribution in [-0.4, -0.2) is 37.7 Å². The predicted molar refractivity (Wildman–Crippen MR) is 88.7 cm³/mol. The number of carbonyl (C=O) groups is 1. The van der Waals surface area contributed by atoms with Gasteiger partial charge in [0.05, 0.1) is 18.8 Å². The molecule has 5 nitrogen and oxygen atoms in total. The number of carbonyl (C=O) groups excluding carboxylic acids is 1. The van der Waals surface area contributed by atoms with Gasteiger partial charge < -0.3 is 19.5 Å². The topological polar surface area (TPSA) is 56.8 Å². The van der Waals surface area contributed by atoms with Crippen molar-refractivity contribution in [2.24, 2.45) is 0 Å². The third kappa shape index (κ3) is 6.84. The number of benzene rings is 1. The SMILES string of the molecule is C[C@H](OC[C@@H]1CCCCO1)C(=O)N[C@H](C)c1ccc(OC(F)(F)F)cc1. The summed E-state index contributed by atoms with van der Waals surface area (Å²) in [5.41, 5.74) is 0.663. The van der Waals surface area contributed by atoms with Crippen LogP contribution in [0.25, 0.3) is 0 Å². The average Bonchev–Trinajstić information content (AvgIpc) is 2.59. The van der Waals surface area contributed by atoms with Crippen LogP contribution in [0.3, 0.4) is 0 Å². The molecular formula is C18H24F3NO4. The molecule has 0 saturated carbocycles. The number of hydrogen-bond acceptors (Lipinski definition) is 4. The van der Waals surface area contributed by atoms with Gasteiger partial charge in [0.25, 0.3) is 0 Å². The van der Waals surface area contributed by atoms with Gasteiger partial charge in [0.2, 0.25) is 5.91 Å². The normalized spacial score (nSPS) is 20.3. The molecule has 0 bridgehead atoms. The molecule has 0 aromatic heterocycles. The van der Waals surface area contributed by atoms with Crippen LogP contribution in [0.15, 0.2) is 24.3 Å². The average molecular weight is 375 g/mol. The third-order valence-electron chi connectivity index (χ3n) is 4.15. The van der Waals surface area contributed by atoms with Crippen LogP contribution < -0.4 is 10.1 Å². The maximum atomic E-state index is 12.2. The Morgan fingerprint density at radius 3 is 2.54 bits per heavy atom. The Bertz CT molecular complexity index is 571. The van der Waals surface area contributed by atoms with Gasteiger partial charge in [0, 0.05) is 6.61 Å². The van der Waals surface area contributed by atoms with Gasteiger partial charge in [0.15, 0.2) is 0 Å². The summed E-state index contributed by atoms with van der Waals surface area (Å²) in [6, 6.07) is 5.01. The highest BCUT2D eigenvalue weighted by Gasteiger charge is 2.31. The zero-order valence-corrected chi connectivity index (χ0v) is 14.8. The van der Waals surface area contributed by atoms with Crippen molar-refractivity contribution in [1.82, 2.24) is 5.32 Å². The van der Waals surface area contributed by atoms with Gasteiger partial charge in [-0.15, -0.1) is 13.2 Å². The molecule has 1 N–H and O–H groups in total. The summed E-state index contributed by atoms with van der Waals surface area (Å²) in [6.07, 6.45) is -2.27. The molecule has 26 heavy (non-hydrogen) atoms. The van der Waals surface area contributed by atoms with Crippen molar-refractivity contribution in [2.45, 2.75) is 57.7 Å². The van der Waals surface area contributed by atoms with E-state index in [-0.39, 0.29) is 23.8 Å². The van der Waals surface area contributed by atoms with E-state index < -0.39 is 12.5 Å². The standard InChI is InChI=1S/C18H24F3NO4/c1-12(14-6-8-15(9-7-14)26-18(19,20)21)22-17(23)13(2)25-11-16-5-3-4-10-24-16/h6-9,12-13,16H,3-5,10-11H2,1-2H3,(H,22,23)/t12-,13+,16+/m1/s1. The molecule has 1 heterocycles. The van der Waals surface area contributed by atoms with Gasteiger partial charge >= 0.3 is 6.36 Å². The Morgan fingerprint density at radius 1 is 1.27 bits per heavy atom. The number of nitrogens with one attached hydrogen (secondary N) is 1. The molecule has 0 unspecified atom stereocenters. The first-order valence-corrected chi connectivity index (χ1v) is 8.64. The molecule has 3 atom stereocenters. The van der Waals surface area contributed by atoms with E-state index in [2.05, 4.69) is 10.1 Å². The summed E-state index contributed by atoms with van der Waals surface area (Å²) < 4.78 is 51.5. The summed E-state index contributed by atoms with van der Waals surface area (Å²) in [6.45, 7) is 4.49. The summed E-state index contributed by atoms with van der Waals surface area (Å²) >= 11 is 0. The summed E-state index contributed by atoms with van der Waals surface area (Å²) in [4.78, 5) is 12.2. The fraction of sp³-hybridized carbons (Fsp3) is 0.611. The smallest absolute Gasteiger partial charge is 0.406 e. The second-order valence-electron chi connectivity index (χ2n) is 6.31. The Morgan fingerprint density at radius 2 is 1.96 bits per heavy atom. The summed E-state index contributed by atoms with van der Waals surface area (Å²) in [5, 5.41) is 2.78. The number of halogens is 3. The van der Waals surface area contributed by atoms with Crippen LogP contribution in [0.4, 0.5) is 13.2 Å². The van der Waals surface area contributed by atoms with E-state index in [1.54, 1.807) is 13.8 Å². The maximum absolute atomic E-state index is 12.2. The van der Waals surface area contributed by atoms with Gasteiger partial charge in [-0.1, -0.05) is 12.1 Å². The Balaban J connectivity index is 1.79. The summed E-state index contributed by atoms with van der Waals surface area (Å²) in [5.74, 6) is -0.590. The van der Waals surface area contributed by atoms with Crippen LogP contribution >= 0.6 is 0 Å². The molecule has 2 rings (SSSR count). The second-order valence-corrected chi connectivity index (χ2v) is 6.31. The number of alkyl halides is 3. The highest BCUT2D eigenvalue weighted by molar-refractivity contribution is 5.80. The molecule has 0 spiro atoms. The van der Waals surface area contributed by atoms with Gasteiger partial charge in [-0.05, 0) is 50.8 Å². The molecule has 1 saturated heterocycles. The highest BCUT2D eigenvalue weighted by Crippen LogP contribution is 2.24. The van der Waals surface area contributed by atoms with Crippen molar-refractivity contribution in [3.63, 3.8) is 0 Å². The molecule has 1 fully saturated rings. The minimum atomic E-state index is -4.73. The van der Waals surface area contributed by atoms with Gasteiger partial charge in [-0.2, -0.15) is 0 Å². The molecule has 0 aliphatic carbocycles. The fourth-order valence-corrected chi connectivity index (χ4v) is 2.64. The first kappa shape index (κ1) is 20.5. The number of amides is 1. The predicted octanol–water partition coefficient (Wildman–Crippen LogP) is 3.74. The van der Waals surface area contributed by atoms with Gasteiger partial charge in [0.1, 0.15) is 11.9 Å². The molecule has 8 heteroatoms. The van der Waals surface area contributed by atoms with E-state index in [4.69, 9.17) is 9.47 Å². The van der Waals surface area contributed by atoms with Crippen LogP contribution in [0, 0.1) is 0 Å². The largest absolute Gasteiger partial charge is 0.573 e. The minimum absolute atomic E-state index is 0.0256. The maximum Gasteiger partial charge on any atom is 0.573 e. The van der Waals surface area contributed by atoms with Crippen molar-refractivity contribution in [1.29, 1.82) is 0 Å². The van der Waals surface area contributed by atoms with Crippen LogP contribution in [-0.2, 0) is 14.3 Å². The molecule has 1 aromatic rings. The summed E-state index contributed by atoms with van der Waals surface area (Å²) in [7, 11) is 0. The lowest BCUT2D eigenvalue weighted by Crippen LogP contribution is -2.38. The van der Waals surface area contributed by atoms with Crippen LogP contribution in [0.1, 0.15) is 44.7 Å². The molecule has 1 amide bonds. The molecule has 1 aliphatic rings. The van der Waals surface area contributed by atoms with E-state index in [9.17, 15) is 18.0 Å². The molecule has 1 aliphatic heterocycles. The third-order valence-corrected chi connectivity index (χ3v) is 4.15. The van der Waals surface area contributed by atoms with E-state index >= 15 is 0 Å². The van der Waals surface area contributed by atoms with Crippen molar-refractivity contribution in [3.05, 3.63) is 29.8 Å². The molecule has 1 aromatic carbocycles. The van der Waals surface area contributed by atoms with Crippen molar-refractivity contribution >= 4 is 5.91 Å². The molecule has 0 radical (unpaired) electrons.